The topological polar surface area (TPSA) is 83.1 Å². The van der Waals surface area contributed by atoms with E-state index in [-0.39, 0.29) is 16.9 Å². The van der Waals surface area contributed by atoms with Gasteiger partial charge in [-0.3, -0.25) is 9.69 Å². The van der Waals surface area contributed by atoms with Crippen molar-refractivity contribution in [3.8, 4) is 0 Å². The van der Waals surface area contributed by atoms with Crippen LogP contribution in [0, 0.1) is 0 Å². The molecule has 1 atom stereocenters. The number of carbonyl (C=O) groups excluding carboxylic acids is 1. The standard InChI is InChI=1S/C26H33ClN4O4S2/c1-4-30(5-2)15-16-31(26-28-24-22(27)9-6-10-23(24)36-26)25(32)19-11-13-21(14-12-19)37(33,34)29(3)18-20-8-7-17-35-20/h6,9-14,20H,4-5,7-8,15-18H2,1-3H3. The van der Waals surface area contributed by atoms with Gasteiger partial charge < -0.3 is 9.64 Å². The third kappa shape index (κ3) is 6.32. The number of hydrogen-bond donors (Lipinski definition) is 0. The molecule has 0 bridgehead atoms. The zero-order chi connectivity index (χ0) is 26.6. The quantitative estimate of drug-likeness (QED) is 0.334. The number of ether oxygens (including phenoxy) is 1. The lowest BCUT2D eigenvalue weighted by molar-refractivity contribution is 0.0978. The monoisotopic (exact) mass is 564 g/mol. The van der Waals surface area contributed by atoms with Gasteiger partial charge in [-0.2, -0.15) is 4.31 Å². The Morgan fingerprint density at radius 2 is 1.86 bits per heavy atom. The molecule has 2 aromatic carbocycles. The fourth-order valence-corrected chi connectivity index (χ4v) is 6.85. The largest absolute Gasteiger partial charge is 0.377 e. The molecule has 1 aliphatic heterocycles. The first-order valence-corrected chi connectivity index (χ1v) is 15.1. The second kappa shape index (κ2) is 12.2. The third-order valence-corrected chi connectivity index (χ3v) is 9.85. The van der Waals surface area contributed by atoms with Crippen LogP contribution in [-0.4, -0.2) is 81.0 Å². The second-order valence-electron chi connectivity index (χ2n) is 9.01. The maximum atomic E-state index is 13.7. The van der Waals surface area contributed by atoms with Crippen molar-refractivity contribution in [3.05, 3.63) is 53.1 Å². The van der Waals surface area contributed by atoms with Gasteiger partial charge in [0.15, 0.2) is 5.13 Å². The molecule has 1 unspecified atom stereocenters. The molecule has 0 spiro atoms. The third-order valence-electron chi connectivity index (χ3n) is 6.66. The lowest BCUT2D eigenvalue weighted by atomic mass is 10.2. The van der Waals surface area contributed by atoms with Gasteiger partial charge in [-0.15, -0.1) is 0 Å². The molecule has 8 nitrogen and oxygen atoms in total. The van der Waals surface area contributed by atoms with Crippen LogP contribution < -0.4 is 4.90 Å². The number of benzene rings is 2. The molecule has 37 heavy (non-hydrogen) atoms. The maximum Gasteiger partial charge on any atom is 0.260 e. The van der Waals surface area contributed by atoms with Crippen LogP contribution in [0.25, 0.3) is 10.2 Å². The normalized spacial score (nSPS) is 16.2. The molecule has 0 saturated carbocycles. The fourth-order valence-electron chi connectivity index (χ4n) is 4.36. The Labute approximate surface area is 227 Å². The zero-order valence-corrected chi connectivity index (χ0v) is 23.8. The van der Waals surface area contributed by atoms with Crippen molar-refractivity contribution in [1.29, 1.82) is 0 Å². The smallest absolute Gasteiger partial charge is 0.260 e. The summed E-state index contributed by atoms with van der Waals surface area (Å²) < 4.78 is 34.0. The summed E-state index contributed by atoms with van der Waals surface area (Å²) in [6.45, 7) is 8.02. The molecule has 0 N–H and O–H groups in total. The van der Waals surface area contributed by atoms with Gasteiger partial charge in [-0.1, -0.05) is 42.9 Å². The van der Waals surface area contributed by atoms with E-state index in [4.69, 9.17) is 16.3 Å². The van der Waals surface area contributed by atoms with E-state index in [1.54, 1.807) is 30.1 Å². The minimum atomic E-state index is -3.69. The van der Waals surface area contributed by atoms with E-state index in [0.29, 0.717) is 47.5 Å². The van der Waals surface area contributed by atoms with E-state index in [1.165, 1.54) is 27.8 Å². The fraction of sp³-hybridized carbons (Fsp3) is 0.462. The molecule has 11 heteroatoms. The number of aromatic nitrogens is 1. The van der Waals surface area contributed by atoms with E-state index in [9.17, 15) is 13.2 Å². The van der Waals surface area contributed by atoms with Crippen LogP contribution in [0.4, 0.5) is 5.13 Å². The van der Waals surface area contributed by atoms with Gasteiger partial charge in [0.05, 0.1) is 20.7 Å². The number of sulfonamides is 1. The Bertz CT molecular complexity index is 1320. The first-order valence-electron chi connectivity index (χ1n) is 12.5. The Morgan fingerprint density at radius 3 is 2.49 bits per heavy atom. The SMILES string of the molecule is CCN(CC)CCN(C(=O)c1ccc(S(=O)(=O)N(C)CC2CCCO2)cc1)c1nc2c(Cl)cccc2s1. The summed E-state index contributed by atoms with van der Waals surface area (Å²) in [6, 6.07) is 11.7. The van der Waals surface area contributed by atoms with Crippen molar-refractivity contribution >= 4 is 54.2 Å². The van der Waals surface area contributed by atoms with Gasteiger partial charge in [0.1, 0.15) is 5.52 Å². The van der Waals surface area contributed by atoms with Crippen LogP contribution in [0.3, 0.4) is 0 Å². The number of para-hydroxylation sites is 1. The van der Waals surface area contributed by atoms with Gasteiger partial charge in [-0.25, -0.2) is 13.4 Å². The molecule has 0 aliphatic carbocycles. The number of nitrogens with zero attached hydrogens (tertiary/aromatic N) is 4. The second-order valence-corrected chi connectivity index (χ2v) is 12.5. The van der Waals surface area contributed by atoms with Crippen molar-refractivity contribution in [2.45, 2.75) is 37.7 Å². The van der Waals surface area contributed by atoms with Gasteiger partial charge in [0, 0.05) is 38.9 Å². The van der Waals surface area contributed by atoms with Crippen LogP contribution in [0.5, 0.6) is 0 Å². The van der Waals surface area contributed by atoms with E-state index in [0.717, 1.165) is 30.6 Å². The minimum absolute atomic E-state index is 0.0812. The van der Waals surface area contributed by atoms with Crippen molar-refractivity contribution in [3.63, 3.8) is 0 Å². The molecule has 1 fully saturated rings. The van der Waals surface area contributed by atoms with Crippen molar-refractivity contribution in [2.75, 3.05) is 51.3 Å². The number of fused-ring (bicyclic) bond motifs is 1. The molecular weight excluding hydrogens is 532 g/mol. The number of halogens is 1. The van der Waals surface area contributed by atoms with E-state index < -0.39 is 10.0 Å². The molecular formula is C26H33ClN4O4S2. The highest BCUT2D eigenvalue weighted by Crippen LogP contribution is 2.33. The summed E-state index contributed by atoms with van der Waals surface area (Å²) in [7, 11) is -2.14. The molecule has 200 valence electrons. The molecule has 1 aliphatic rings. The van der Waals surface area contributed by atoms with Crippen LogP contribution in [0.15, 0.2) is 47.4 Å². The van der Waals surface area contributed by atoms with Gasteiger partial charge in [0.25, 0.3) is 5.91 Å². The summed E-state index contributed by atoms with van der Waals surface area (Å²) in [4.78, 5) is 22.4. The minimum Gasteiger partial charge on any atom is -0.377 e. The highest BCUT2D eigenvalue weighted by molar-refractivity contribution is 7.89. The first kappa shape index (κ1) is 27.9. The number of thiazole rings is 1. The molecule has 2 heterocycles. The van der Waals surface area contributed by atoms with E-state index in [2.05, 4.69) is 23.7 Å². The van der Waals surface area contributed by atoms with Crippen molar-refractivity contribution in [2.24, 2.45) is 0 Å². The Kier molecular flexibility index (Phi) is 9.20. The Balaban J connectivity index is 1.58. The number of amides is 1. The lowest BCUT2D eigenvalue weighted by Crippen LogP contribution is -2.39. The van der Waals surface area contributed by atoms with Crippen molar-refractivity contribution in [1.82, 2.24) is 14.2 Å². The van der Waals surface area contributed by atoms with Crippen LogP contribution in [-0.2, 0) is 14.8 Å². The number of carbonyl (C=O) groups is 1. The summed E-state index contributed by atoms with van der Waals surface area (Å²) >= 11 is 7.76. The van der Waals surface area contributed by atoms with Gasteiger partial charge in [-0.05, 0) is 62.3 Å². The number of rotatable bonds is 11. The average molecular weight is 565 g/mol. The first-order chi connectivity index (χ1) is 17.7. The summed E-state index contributed by atoms with van der Waals surface area (Å²) in [5, 5.41) is 1.10. The number of likely N-dealkylation sites (N-methyl/N-ethyl adjacent to an activating group) is 2. The highest BCUT2D eigenvalue weighted by Gasteiger charge is 2.27. The lowest BCUT2D eigenvalue weighted by Gasteiger charge is -2.25. The Morgan fingerprint density at radius 1 is 1.14 bits per heavy atom. The molecule has 1 aromatic heterocycles. The number of anilines is 1. The molecule has 3 aromatic rings. The van der Waals surface area contributed by atoms with Crippen LogP contribution in [0.2, 0.25) is 5.02 Å². The molecule has 4 rings (SSSR count). The Hall–Kier alpha value is -2.08. The molecule has 1 amide bonds. The van der Waals surface area contributed by atoms with Gasteiger partial charge >= 0.3 is 0 Å². The van der Waals surface area contributed by atoms with Crippen LogP contribution >= 0.6 is 22.9 Å². The average Bonchev–Trinajstić information content (AvgIpc) is 3.57. The predicted molar refractivity (Wildman–Crippen MR) is 149 cm³/mol. The van der Waals surface area contributed by atoms with E-state index >= 15 is 0 Å². The van der Waals surface area contributed by atoms with E-state index in [1.807, 2.05) is 12.1 Å². The summed E-state index contributed by atoms with van der Waals surface area (Å²) in [5.41, 5.74) is 1.06. The molecule has 1 saturated heterocycles. The number of hydrogen-bond acceptors (Lipinski definition) is 7. The molecule has 0 radical (unpaired) electrons. The zero-order valence-electron chi connectivity index (χ0n) is 21.4. The summed E-state index contributed by atoms with van der Waals surface area (Å²) in [5.74, 6) is -0.237. The predicted octanol–water partition coefficient (Wildman–Crippen LogP) is 4.74. The van der Waals surface area contributed by atoms with Gasteiger partial charge in [0.2, 0.25) is 10.0 Å². The summed E-state index contributed by atoms with van der Waals surface area (Å²) in [6.07, 6.45) is 1.72. The highest BCUT2D eigenvalue weighted by atomic mass is 35.5. The van der Waals surface area contributed by atoms with Crippen LogP contribution in [0.1, 0.15) is 37.0 Å². The van der Waals surface area contributed by atoms with Crippen molar-refractivity contribution < 1.29 is 17.9 Å². The maximum absolute atomic E-state index is 13.7.